The van der Waals surface area contributed by atoms with E-state index >= 15 is 0 Å². The Morgan fingerprint density at radius 3 is 2.62 bits per heavy atom. The molecule has 1 amide bonds. The van der Waals surface area contributed by atoms with Gasteiger partial charge >= 0.3 is 0 Å². The highest BCUT2D eigenvalue weighted by Gasteiger charge is 2.32. The molecule has 0 aliphatic carbocycles. The molecule has 1 heterocycles. The molecule has 1 saturated heterocycles. The van der Waals surface area contributed by atoms with Crippen LogP contribution in [0.3, 0.4) is 0 Å². The summed E-state index contributed by atoms with van der Waals surface area (Å²) in [6.07, 6.45) is 1.11. The molecule has 1 N–H and O–H groups in total. The van der Waals surface area contributed by atoms with E-state index < -0.39 is 0 Å². The van der Waals surface area contributed by atoms with Crippen LogP contribution in [0.2, 0.25) is 0 Å². The molecule has 0 saturated carbocycles. The van der Waals surface area contributed by atoms with E-state index in [0.717, 1.165) is 5.56 Å². The van der Waals surface area contributed by atoms with Crippen LogP contribution in [-0.4, -0.2) is 11.7 Å². The van der Waals surface area contributed by atoms with Crippen LogP contribution in [-0.2, 0) is 9.59 Å². The zero-order chi connectivity index (χ0) is 11.5. The maximum atomic E-state index is 11.5. The number of carbonyl (C=O) groups excluding carboxylic acids is 2. The third-order valence-corrected chi connectivity index (χ3v) is 3.08. The Morgan fingerprint density at radius 2 is 2.00 bits per heavy atom. The minimum atomic E-state index is -0.153. The second-order valence-electron chi connectivity index (χ2n) is 4.21. The SMILES string of the molecule is CC(=O)[C@@H]1CCC(=O)N[C@H]1c1ccccc1. The number of rotatable bonds is 2. The molecule has 2 atom stereocenters. The number of Topliss-reactive ketones (excluding diaryl/α,β-unsaturated/α-hetero) is 1. The molecule has 1 aliphatic rings. The first-order valence-corrected chi connectivity index (χ1v) is 5.53. The number of hydrogen-bond acceptors (Lipinski definition) is 2. The molecule has 0 spiro atoms. The predicted molar refractivity (Wildman–Crippen MR) is 60.7 cm³/mol. The number of benzene rings is 1. The summed E-state index contributed by atoms with van der Waals surface area (Å²) in [5.74, 6) is 0.0975. The third kappa shape index (κ3) is 2.13. The maximum absolute atomic E-state index is 11.5. The van der Waals surface area contributed by atoms with Crippen molar-refractivity contribution >= 4 is 11.7 Å². The predicted octanol–water partition coefficient (Wildman–Crippen LogP) is 1.84. The topological polar surface area (TPSA) is 46.2 Å². The molecule has 1 aromatic carbocycles. The van der Waals surface area contributed by atoms with Crippen molar-refractivity contribution in [1.29, 1.82) is 0 Å². The Bertz CT molecular complexity index is 400. The summed E-state index contributed by atoms with van der Waals surface area (Å²) in [5, 5.41) is 2.90. The average molecular weight is 217 g/mol. The van der Waals surface area contributed by atoms with Gasteiger partial charge < -0.3 is 5.32 Å². The Balaban J connectivity index is 2.27. The molecule has 0 unspecified atom stereocenters. The fraction of sp³-hybridized carbons (Fsp3) is 0.385. The second kappa shape index (κ2) is 4.47. The van der Waals surface area contributed by atoms with Crippen LogP contribution in [0.5, 0.6) is 0 Å². The summed E-state index contributed by atoms with van der Waals surface area (Å²) in [4.78, 5) is 22.9. The molecule has 2 rings (SSSR count). The van der Waals surface area contributed by atoms with Crippen molar-refractivity contribution in [2.45, 2.75) is 25.8 Å². The Labute approximate surface area is 94.9 Å². The molecule has 0 bridgehead atoms. The second-order valence-corrected chi connectivity index (χ2v) is 4.21. The van der Waals surface area contributed by atoms with Gasteiger partial charge in [-0.2, -0.15) is 0 Å². The van der Waals surface area contributed by atoms with Gasteiger partial charge in [0.15, 0.2) is 0 Å². The highest BCUT2D eigenvalue weighted by molar-refractivity contribution is 5.84. The lowest BCUT2D eigenvalue weighted by molar-refractivity contribution is -0.128. The van der Waals surface area contributed by atoms with Crippen molar-refractivity contribution < 1.29 is 9.59 Å². The molecule has 3 heteroatoms. The van der Waals surface area contributed by atoms with Gasteiger partial charge in [0.05, 0.1) is 6.04 Å². The van der Waals surface area contributed by atoms with Gasteiger partial charge in [-0.05, 0) is 18.9 Å². The summed E-state index contributed by atoms with van der Waals surface area (Å²) in [6.45, 7) is 1.60. The van der Waals surface area contributed by atoms with Crippen molar-refractivity contribution in [3.05, 3.63) is 35.9 Å². The van der Waals surface area contributed by atoms with Crippen LogP contribution in [0.25, 0.3) is 0 Å². The quantitative estimate of drug-likeness (QED) is 0.821. The van der Waals surface area contributed by atoms with E-state index in [2.05, 4.69) is 5.32 Å². The minimum absolute atomic E-state index is 0.0337. The van der Waals surface area contributed by atoms with Crippen LogP contribution >= 0.6 is 0 Å². The van der Waals surface area contributed by atoms with Gasteiger partial charge in [-0.3, -0.25) is 9.59 Å². The molecule has 1 aliphatic heterocycles. The summed E-state index contributed by atoms with van der Waals surface area (Å²) >= 11 is 0. The standard InChI is InChI=1S/C13H15NO2/c1-9(15)11-7-8-12(16)14-13(11)10-5-3-2-4-6-10/h2-6,11,13H,7-8H2,1H3,(H,14,16)/t11-,13-/m0/s1. The maximum Gasteiger partial charge on any atom is 0.220 e. The molecule has 1 fully saturated rings. The Hall–Kier alpha value is -1.64. The monoisotopic (exact) mass is 217 g/mol. The highest BCUT2D eigenvalue weighted by Crippen LogP contribution is 2.30. The van der Waals surface area contributed by atoms with Crippen molar-refractivity contribution in [2.24, 2.45) is 5.92 Å². The van der Waals surface area contributed by atoms with Crippen molar-refractivity contribution in [2.75, 3.05) is 0 Å². The molecule has 0 radical (unpaired) electrons. The van der Waals surface area contributed by atoms with Gasteiger partial charge in [0, 0.05) is 12.3 Å². The lowest BCUT2D eigenvalue weighted by Crippen LogP contribution is -2.41. The van der Waals surface area contributed by atoms with Crippen LogP contribution < -0.4 is 5.32 Å². The number of hydrogen-bond donors (Lipinski definition) is 1. The first-order valence-electron chi connectivity index (χ1n) is 5.53. The zero-order valence-electron chi connectivity index (χ0n) is 9.27. The summed E-state index contributed by atoms with van der Waals surface area (Å²) in [5.41, 5.74) is 1.01. The lowest BCUT2D eigenvalue weighted by atomic mass is 9.83. The van der Waals surface area contributed by atoms with Crippen LogP contribution in [0.1, 0.15) is 31.4 Å². The molecule has 1 aromatic rings. The number of ketones is 1. The number of nitrogens with one attached hydrogen (secondary N) is 1. The van der Waals surface area contributed by atoms with E-state index in [4.69, 9.17) is 0 Å². The van der Waals surface area contributed by atoms with Crippen molar-refractivity contribution in [3.8, 4) is 0 Å². The zero-order valence-corrected chi connectivity index (χ0v) is 9.27. The normalized spacial score (nSPS) is 24.9. The van der Waals surface area contributed by atoms with E-state index in [1.807, 2.05) is 30.3 Å². The van der Waals surface area contributed by atoms with Crippen LogP contribution in [0, 0.1) is 5.92 Å². The van der Waals surface area contributed by atoms with Crippen LogP contribution in [0.15, 0.2) is 30.3 Å². The number of carbonyl (C=O) groups is 2. The van der Waals surface area contributed by atoms with E-state index in [1.165, 1.54) is 0 Å². The van der Waals surface area contributed by atoms with Crippen molar-refractivity contribution in [1.82, 2.24) is 5.32 Å². The van der Waals surface area contributed by atoms with E-state index in [-0.39, 0.29) is 23.7 Å². The molecular formula is C13H15NO2. The Kier molecular flexibility index (Phi) is 3.04. The Morgan fingerprint density at radius 1 is 1.31 bits per heavy atom. The summed E-state index contributed by atoms with van der Waals surface area (Å²) in [7, 11) is 0. The first-order chi connectivity index (χ1) is 7.68. The highest BCUT2D eigenvalue weighted by atomic mass is 16.2. The fourth-order valence-electron chi connectivity index (χ4n) is 2.21. The largest absolute Gasteiger partial charge is 0.349 e. The van der Waals surface area contributed by atoms with Gasteiger partial charge in [0.1, 0.15) is 5.78 Å². The molecular weight excluding hydrogens is 202 g/mol. The van der Waals surface area contributed by atoms with Gasteiger partial charge in [-0.15, -0.1) is 0 Å². The van der Waals surface area contributed by atoms with Gasteiger partial charge in [-0.1, -0.05) is 30.3 Å². The number of piperidine rings is 1. The fourth-order valence-corrected chi connectivity index (χ4v) is 2.21. The molecule has 3 nitrogen and oxygen atoms in total. The summed E-state index contributed by atoms with van der Waals surface area (Å²) in [6, 6.07) is 9.52. The van der Waals surface area contributed by atoms with Crippen LogP contribution in [0.4, 0.5) is 0 Å². The molecule has 0 aromatic heterocycles. The van der Waals surface area contributed by atoms with Gasteiger partial charge in [-0.25, -0.2) is 0 Å². The molecule has 84 valence electrons. The summed E-state index contributed by atoms with van der Waals surface area (Å²) < 4.78 is 0. The third-order valence-electron chi connectivity index (χ3n) is 3.08. The first kappa shape index (κ1) is 10.9. The van der Waals surface area contributed by atoms with Gasteiger partial charge in [0.25, 0.3) is 0 Å². The minimum Gasteiger partial charge on any atom is -0.349 e. The lowest BCUT2D eigenvalue weighted by Gasteiger charge is -2.30. The molecule has 16 heavy (non-hydrogen) atoms. The van der Waals surface area contributed by atoms with E-state index in [1.54, 1.807) is 6.92 Å². The van der Waals surface area contributed by atoms with E-state index in [0.29, 0.717) is 12.8 Å². The number of amides is 1. The van der Waals surface area contributed by atoms with Gasteiger partial charge in [0.2, 0.25) is 5.91 Å². The van der Waals surface area contributed by atoms with E-state index in [9.17, 15) is 9.59 Å². The van der Waals surface area contributed by atoms with Crippen molar-refractivity contribution in [3.63, 3.8) is 0 Å². The smallest absolute Gasteiger partial charge is 0.220 e. The average Bonchev–Trinajstić information content (AvgIpc) is 2.29.